The average molecular weight is 1040 g/mol. The van der Waals surface area contributed by atoms with Crippen molar-refractivity contribution in [3.63, 3.8) is 0 Å². The van der Waals surface area contributed by atoms with Gasteiger partial charge in [0, 0.05) is 73.5 Å². The van der Waals surface area contributed by atoms with E-state index in [1.165, 1.54) is 79.1 Å². The molecule has 23 heteroatoms. The summed E-state index contributed by atoms with van der Waals surface area (Å²) >= 11 is 0. The minimum Gasteiger partial charge on any atom is -0.494 e. The summed E-state index contributed by atoms with van der Waals surface area (Å²) in [5.41, 5.74) is 3.48. The molecule has 2 aliphatic heterocycles. The van der Waals surface area contributed by atoms with Crippen LogP contribution in [0.2, 0.25) is 0 Å². The van der Waals surface area contributed by atoms with Crippen LogP contribution in [0.15, 0.2) is 123 Å². The summed E-state index contributed by atoms with van der Waals surface area (Å²) < 4.78 is 17.9. The Morgan fingerprint density at radius 2 is 1.05 bits per heavy atom. The fourth-order valence-electron chi connectivity index (χ4n) is 9.76. The monoisotopic (exact) mass is 1040 g/mol. The number of benzene rings is 2. The van der Waals surface area contributed by atoms with Crippen molar-refractivity contribution in [1.29, 1.82) is 0 Å². The predicted molar refractivity (Wildman–Crippen MR) is 281 cm³/mol. The molecule has 0 bridgehead atoms. The molecular formula is C54H54N16O7. The zero-order chi connectivity index (χ0) is 53.6. The number of aryl methyl sites for hydroxylation is 2. The fourth-order valence-corrected chi connectivity index (χ4v) is 9.76. The number of aliphatic carboxylic acids is 1. The zero-order valence-electron chi connectivity index (χ0n) is 42.6. The summed E-state index contributed by atoms with van der Waals surface area (Å²) in [6.07, 6.45) is 20.3. The van der Waals surface area contributed by atoms with E-state index >= 15 is 0 Å². The number of amides is 1. The summed E-state index contributed by atoms with van der Waals surface area (Å²) in [7, 11) is 2.92. The maximum absolute atomic E-state index is 13.4. The van der Waals surface area contributed by atoms with Crippen molar-refractivity contribution in [1.82, 2.24) is 78.8 Å². The molecule has 0 atom stereocenters. The van der Waals surface area contributed by atoms with E-state index < -0.39 is 23.4 Å². The molecule has 10 heterocycles. The van der Waals surface area contributed by atoms with Crippen molar-refractivity contribution in [3.05, 3.63) is 157 Å². The number of methoxy groups -OCH3 is 2. The molecule has 2 aliphatic rings. The number of aromatic amines is 2. The standard InChI is InChI=1S/C27H26N8O3.C14H17N3.C13H11N5O4/c1-17-31-16-35(32-17)26-23-22(21(38-2)15-30-26)20(14-29-23)24(36)27(37)33-11-8-18(9-12-33)25-28-10-13-34(25)19-6-4-3-5-7-19;1-2-4-13(5-3-1)17-11-10-16-14(17)12-6-8-15-9-7-12;1-6-16-5-18(17-6)12-10-9(8(22-2)4-15-12)7(3-14-10)11(19)13(20)21/h3-7,10,13-16,18,29H,8-9,11-12H2,1-2H3;1-5,10-12,15H,6-9H2;3-5,14H,1-2H3,(H,20,21). The van der Waals surface area contributed by atoms with Crippen molar-refractivity contribution in [2.75, 3.05) is 40.4 Å². The normalized spacial score (nSPS) is 13.9. The number of piperidine rings is 2. The molecule has 8 aromatic heterocycles. The third-order valence-electron chi connectivity index (χ3n) is 13.5. The number of hydrogen-bond donors (Lipinski definition) is 4. The van der Waals surface area contributed by atoms with E-state index in [-0.39, 0.29) is 17.0 Å². The van der Waals surface area contributed by atoms with Crippen LogP contribution in [0.4, 0.5) is 0 Å². The van der Waals surface area contributed by atoms with Gasteiger partial charge in [0.15, 0.2) is 11.6 Å². The first-order chi connectivity index (χ1) is 37.5. The average Bonchev–Trinajstić information content (AvgIpc) is 4.38. The van der Waals surface area contributed by atoms with E-state index in [0.29, 0.717) is 75.6 Å². The van der Waals surface area contributed by atoms with E-state index in [4.69, 9.17) is 14.6 Å². The highest BCUT2D eigenvalue weighted by atomic mass is 16.5. The first kappa shape index (κ1) is 50.9. The Morgan fingerprint density at radius 1 is 0.597 bits per heavy atom. The van der Waals surface area contributed by atoms with Gasteiger partial charge in [-0.1, -0.05) is 36.4 Å². The van der Waals surface area contributed by atoms with Crippen molar-refractivity contribution >= 4 is 45.2 Å². The molecule has 4 N–H and O–H groups in total. The lowest BCUT2D eigenvalue weighted by Gasteiger charge is -2.31. The summed E-state index contributed by atoms with van der Waals surface area (Å²) in [5, 5.41) is 21.6. The number of carboxylic acid groups (broad SMARTS) is 1. The van der Waals surface area contributed by atoms with Gasteiger partial charge in [0.1, 0.15) is 47.5 Å². The topological polar surface area (TPSA) is 277 Å². The van der Waals surface area contributed by atoms with E-state index in [0.717, 1.165) is 37.4 Å². The minimum absolute atomic E-state index is 0.000151. The number of imidazole rings is 2. The zero-order valence-corrected chi connectivity index (χ0v) is 42.6. The second-order valence-electron chi connectivity index (χ2n) is 18.2. The Morgan fingerprint density at radius 3 is 1.48 bits per heavy atom. The van der Waals surface area contributed by atoms with Gasteiger partial charge < -0.3 is 43.9 Å². The molecule has 0 radical (unpaired) electrons. The number of likely N-dealkylation sites (tertiary alicyclic amines) is 1. The number of aromatic nitrogens is 14. The van der Waals surface area contributed by atoms with Gasteiger partial charge in [0.25, 0.3) is 17.5 Å². The number of carbonyl (C=O) groups is 4. The highest BCUT2D eigenvalue weighted by molar-refractivity contribution is 6.45. The van der Waals surface area contributed by atoms with Crippen LogP contribution in [-0.2, 0) is 9.59 Å². The van der Waals surface area contributed by atoms with Crippen molar-refractivity contribution in [2.24, 2.45) is 0 Å². The number of ether oxygens (including phenoxy) is 2. The van der Waals surface area contributed by atoms with Crippen LogP contribution in [0.5, 0.6) is 11.5 Å². The SMILES string of the molecule is COc1cnc(-n2cnc(C)n2)c2[nH]cc(C(=O)C(=O)N3CCC(c4nccn4-c4ccccc4)CC3)c12.COc1cnc(-n2cnc(C)n2)c2[nH]cc(C(=O)C(=O)O)c12.c1ccc(-n2ccnc2C2CCNCC2)cc1. The van der Waals surface area contributed by atoms with Crippen LogP contribution in [0, 0.1) is 13.8 Å². The predicted octanol–water partition coefficient (Wildman–Crippen LogP) is 6.30. The van der Waals surface area contributed by atoms with Crippen molar-refractivity contribution in [2.45, 2.75) is 51.4 Å². The van der Waals surface area contributed by atoms with Gasteiger partial charge >= 0.3 is 5.97 Å². The summed E-state index contributed by atoms with van der Waals surface area (Å²) in [6.45, 7) is 6.66. The highest BCUT2D eigenvalue weighted by Gasteiger charge is 2.33. The number of rotatable bonds is 12. The molecule has 2 fully saturated rings. The Bertz CT molecular complexity index is 3710. The number of carboxylic acids is 1. The van der Waals surface area contributed by atoms with E-state index in [2.05, 4.69) is 95.0 Å². The third kappa shape index (κ3) is 10.4. The number of nitrogens with one attached hydrogen (secondary N) is 3. The number of ketones is 2. The Hall–Kier alpha value is -9.64. The molecule has 0 spiro atoms. The van der Waals surface area contributed by atoms with E-state index in [9.17, 15) is 19.2 Å². The molecule has 0 unspecified atom stereocenters. The Balaban J connectivity index is 0.000000145. The lowest BCUT2D eigenvalue weighted by atomic mass is 9.95. The Labute approximate surface area is 440 Å². The largest absolute Gasteiger partial charge is 0.494 e. The molecular weight excluding hydrogens is 985 g/mol. The van der Waals surface area contributed by atoms with Crippen LogP contribution in [0.25, 0.3) is 44.8 Å². The molecule has 10 aromatic rings. The molecule has 77 heavy (non-hydrogen) atoms. The first-order valence-electron chi connectivity index (χ1n) is 24.9. The summed E-state index contributed by atoms with van der Waals surface area (Å²) in [5.74, 6) is 1.94. The minimum atomic E-state index is -1.54. The molecule has 2 aromatic carbocycles. The van der Waals surface area contributed by atoms with Gasteiger partial charge in [0.2, 0.25) is 0 Å². The number of hydrogen-bond acceptors (Lipinski definition) is 15. The van der Waals surface area contributed by atoms with Crippen LogP contribution >= 0.6 is 0 Å². The van der Waals surface area contributed by atoms with Crippen LogP contribution in [-0.4, -0.2) is 142 Å². The number of para-hydroxylation sites is 2. The summed E-state index contributed by atoms with van der Waals surface area (Å²) in [6, 6.07) is 20.5. The van der Waals surface area contributed by atoms with Gasteiger partial charge in [-0.05, 0) is 76.9 Å². The van der Waals surface area contributed by atoms with Crippen molar-refractivity contribution in [3.8, 4) is 34.5 Å². The maximum Gasteiger partial charge on any atom is 0.377 e. The number of fused-ring (bicyclic) bond motifs is 2. The molecule has 12 rings (SSSR count). The van der Waals surface area contributed by atoms with E-state index in [1.54, 1.807) is 31.3 Å². The third-order valence-corrected chi connectivity index (χ3v) is 13.5. The number of carbonyl (C=O) groups excluding carboxylic acids is 3. The van der Waals surface area contributed by atoms with Gasteiger partial charge in [-0.15, -0.1) is 0 Å². The number of nitrogens with zero attached hydrogens (tertiary/aromatic N) is 13. The Kier molecular flexibility index (Phi) is 14.8. The summed E-state index contributed by atoms with van der Waals surface area (Å²) in [4.78, 5) is 83.1. The molecule has 1 amide bonds. The smallest absolute Gasteiger partial charge is 0.377 e. The molecule has 23 nitrogen and oxygen atoms in total. The first-order valence-corrected chi connectivity index (χ1v) is 24.9. The molecule has 0 saturated carbocycles. The van der Waals surface area contributed by atoms with Crippen LogP contribution in [0.1, 0.15) is 81.5 Å². The molecule has 2 saturated heterocycles. The highest BCUT2D eigenvalue weighted by Crippen LogP contribution is 2.35. The van der Waals surface area contributed by atoms with Gasteiger partial charge in [-0.25, -0.2) is 44.1 Å². The number of pyridine rings is 2. The molecule has 392 valence electrons. The van der Waals surface area contributed by atoms with Crippen molar-refractivity contribution < 1.29 is 33.8 Å². The van der Waals surface area contributed by atoms with Gasteiger partial charge in [-0.3, -0.25) is 14.4 Å². The quantitative estimate of drug-likeness (QED) is 0.0771. The molecule has 0 aliphatic carbocycles. The number of Topliss-reactive ketones (excluding diaryl/α,β-unsaturated/α-hetero) is 2. The van der Waals surface area contributed by atoms with Gasteiger partial charge in [-0.2, -0.15) is 10.2 Å². The number of H-pyrrole nitrogens is 2. The van der Waals surface area contributed by atoms with E-state index in [1.807, 2.05) is 48.8 Å². The van der Waals surface area contributed by atoms with Crippen LogP contribution < -0.4 is 14.8 Å². The second kappa shape index (κ2) is 22.5. The second-order valence-corrected chi connectivity index (χ2v) is 18.2. The lowest BCUT2D eigenvalue weighted by molar-refractivity contribution is -0.131. The van der Waals surface area contributed by atoms with Gasteiger partial charge in [0.05, 0.1) is 59.5 Å². The van der Waals surface area contributed by atoms with Crippen LogP contribution in [0.3, 0.4) is 0 Å². The fraction of sp³-hybridized carbons (Fsp3) is 0.259. The maximum atomic E-state index is 13.4. The lowest BCUT2D eigenvalue weighted by Crippen LogP contribution is -2.42.